The molecule has 2 aliphatic heterocycles. The number of piperidine rings is 2. The highest BCUT2D eigenvalue weighted by molar-refractivity contribution is 9.10. The number of aromatic nitrogens is 1. The molecule has 1 amide bonds. The van der Waals surface area contributed by atoms with Gasteiger partial charge in [-0.05, 0) is 75.4 Å². The molecule has 2 atom stereocenters. The average Bonchev–Trinajstić information content (AvgIpc) is 2.96. The first-order valence-electron chi connectivity index (χ1n) is 9.43. The van der Waals surface area contributed by atoms with Gasteiger partial charge in [0, 0.05) is 28.0 Å². The van der Waals surface area contributed by atoms with E-state index in [9.17, 15) is 4.79 Å². The number of amides is 1. The van der Waals surface area contributed by atoms with E-state index >= 15 is 0 Å². The zero-order valence-electron chi connectivity index (χ0n) is 14.8. The Morgan fingerprint density at radius 1 is 1.28 bits per heavy atom. The van der Waals surface area contributed by atoms with Crippen LogP contribution in [0, 0.1) is 12.8 Å². The quantitative estimate of drug-likeness (QED) is 0.804. The lowest BCUT2D eigenvalue weighted by Gasteiger charge is -2.44. The summed E-state index contributed by atoms with van der Waals surface area (Å²) in [5.41, 5.74) is 2.74. The minimum Gasteiger partial charge on any atom is -0.350 e. The molecule has 25 heavy (non-hydrogen) atoms. The summed E-state index contributed by atoms with van der Waals surface area (Å²) >= 11 is 3.51. The van der Waals surface area contributed by atoms with Crippen molar-refractivity contribution < 1.29 is 4.79 Å². The smallest absolute Gasteiger partial charge is 0.268 e. The summed E-state index contributed by atoms with van der Waals surface area (Å²) in [6.45, 7) is 5.29. The zero-order chi connectivity index (χ0) is 17.4. The maximum atomic E-state index is 12.8. The fraction of sp³-hybridized carbons (Fsp3) is 0.550. The van der Waals surface area contributed by atoms with Gasteiger partial charge in [-0.1, -0.05) is 22.4 Å². The monoisotopic (exact) mass is 403 g/mol. The second-order valence-corrected chi connectivity index (χ2v) is 8.44. The molecule has 2 N–H and O–H groups in total. The molecule has 0 saturated carbocycles. The molecule has 5 heteroatoms. The van der Waals surface area contributed by atoms with Crippen LogP contribution >= 0.6 is 15.9 Å². The second-order valence-electron chi connectivity index (χ2n) is 7.53. The number of H-pyrrole nitrogens is 1. The lowest BCUT2D eigenvalue weighted by molar-refractivity contribution is 0.0575. The molecule has 3 heterocycles. The fourth-order valence-electron chi connectivity index (χ4n) is 4.65. The van der Waals surface area contributed by atoms with E-state index < -0.39 is 0 Å². The van der Waals surface area contributed by atoms with Gasteiger partial charge in [0.2, 0.25) is 0 Å². The van der Waals surface area contributed by atoms with Gasteiger partial charge in [0.05, 0.1) is 0 Å². The molecule has 2 unspecified atom stereocenters. The molecule has 2 aromatic rings. The number of nitrogens with zero attached hydrogens (tertiary/aromatic N) is 1. The summed E-state index contributed by atoms with van der Waals surface area (Å²) in [5.74, 6) is 0.620. The summed E-state index contributed by atoms with van der Waals surface area (Å²) < 4.78 is 1.04. The molecular weight excluding hydrogens is 378 g/mol. The van der Waals surface area contributed by atoms with Crippen molar-refractivity contribution in [3.05, 3.63) is 33.9 Å². The summed E-state index contributed by atoms with van der Waals surface area (Å²) in [6.07, 6.45) is 6.46. The SMILES string of the molecule is Cc1c(C(=O)NCC2CCCN3CCCCC23)[nH]c2ccc(Br)cc12. The van der Waals surface area contributed by atoms with Crippen LogP contribution in [0.15, 0.2) is 22.7 Å². The highest BCUT2D eigenvalue weighted by Crippen LogP contribution is 2.30. The second kappa shape index (κ2) is 7.12. The maximum Gasteiger partial charge on any atom is 0.268 e. The van der Waals surface area contributed by atoms with Gasteiger partial charge >= 0.3 is 0 Å². The first-order valence-corrected chi connectivity index (χ1v) is 10.2. The van der Waals surface area contributed by atoms with Crippen molar-refractivity contribution >= 4 is 32.7 Å². The molecule has 2 aliphatic rings. The molecular formula is C20H26BrN3O. The molecule has 0 radical (unpaired) electrons. The molecule has 0 spiro atoms. The topological polar surface area (TPSA) is 48.1 Å². The minimum absolute atomic E-state index is 0.0257. The largest absolute Gasteiger partial charge is 0.350 e. The molecule has 0 aliphatic carbocycles. The Hall–Kier alpha value is -1.33. The van der Waals surface area contributed by atoms with Crippen molar-refractivity contribution in [2.75, 3.05) is 19.6 Å². The van der Waals surface area contributed by atoms with Crippen LogP contribution in [0.2, 0.25) is 0 Å². The lowest BCUT2D eigenvalue weighted by atomic mass is 9.83. The van der Waals surface area contributed by atoms with E-state index in [-0.39, 0.29) is 5.91 Å². The van der Waals surface area contributed by atoms with Gasteiger partial charge in [0.1, 0.15) is 5.69 Å². The Bertz CT molecular complexity index is 783. The highest BCUT2D eigenvalue weighted by atomic mass is 79.9. The number of fused-ring (bicyclic) bond motifs is 2. The highest BCUT2D eigenvalue weighted by Gasteiger charge is 2.33. The number of nitrogens with one attached hydrogen (secondary N) is 2. The number of halogens is 1. The van der Waals surface area contributed by atoms with Crippen LogP contribution in [-0.4, -0.2) is 41.5 Å². The van der Waals surface area contributed by atoms with Crippen LogP contribution in [0.4, 0.5) is 0 Å². The zero-order valence-corrected chi connectivity index (χ0v) is 16.4. The molecule has 2 fully saturated rings. The summed E-state index contributed by atoms with van der Waals surface area (Å²) in [6, 6.07) is 6.76. The van der Waals surface area contributed by atoms with Crippen molar-refractivity contribution in [1.29, 1.82) is 0 Å². The number of rotatable bonds is 3. The van der Waals surface area contributed by atoms with E-state index in [0.717, 1.165) is 27.5 Å². The van der Waals surface area contributed by atoms with E-state index in [2.05, 4.69) is 37.2 Å². The van der Waals surface area contributed by atoms with Gasteiger partial charge in [-0.2, -0.15) is 0 Å². The lowest BCUT2D eigenvalue weighted by Crippen LogP contribution is -2.51. The van der Waals surface area contributed by atoms with Crippen molar-refractivity contribution in [3.8, 4) is 0 Å². The molecule has 0 bridgehead atoms. The summed E-state index contributed by atoms with van der Waals surface area (Å²) in [4.78, 5) is 18.7. The number of hydrogen-bond donors (Lipinski definition) is 2. The van der Waals surface area contributed by atoms with Crippen molar-refractivity contribution in [2.24, 2.45) is 5.92 Å². The number of benzene rings is 1. The Balaban J connectivity index is 1.46. The first kappa shape index (κ1) is 17.1. The number of aromatic amines is 1. The molecule has 4 nitrogen and oxygen atoms in total. The molecule has 134 valence electrons. The molecule has 1 aromatic heterocycles. The van der Waals surface area contributed by atoms with Crippen LogP contribution < -0.4 is 5.32 Å². The Morgan fingerprint density at radius 2 is 2.12 bits per heavy atom. The molecule has 2 saturated heterocycles. The van der Waals surface area contributed by atoms with Crippen molar-refractivity contribution in [2.45, 2.75) is 45.1 Å². The van der Waals surface area contributed by atoms with Crippen LogP contribution in [0.3, 0.4) is 0 Å². The predicted octanol–water partition coefficient (Wildman–Crippen LogP) is 4.23. The van der Waals surface area contributed by atoms with Gasteiger partial charge in [-0.15, -0.1) is 0 Å². The van der Waals surface area contributed by atoms with E-state index in [4.69, 9.17) is 0 Å². The predicted molar refractivity (Wildman–Crippen MR) is 105 cm³/mol. The molecule has 4 rings (SSSR count). The van der Waals surface area contributed by atoms with Gasteiger partial charge in [-0.3, -0.25) is 4.79 Å². The third-order valence-corrected chi connectivity index (χ3v) is 6.49. The Labute approximate surface area is 157 Å². The maximum absolute atomic E-state index is 12.8. The third kappa shape index (κ3) is 3.36. The average molecular weight is 404 g/mol. The normalized spacial score (nSPS) is 24.2. The van der Waals surface area contributed by atoms with Gasteiger partial charge < -0.3 is 15.2 Å². The molecule has 1 aromatic carbocycles. The van der Waals surface area contributed by atoms with Gasteiger partial charge in [0.25, 0.3) is 5.91 Å². The summed E-state index contributed by atoms with van der Waals surface area (Å²) in [7, 11) is 0. The number of aryl methyl sites for hydroxylation is 1. The van der Waals surface area contributed by atoms with Crippen LogP contribution in [0.5, 0.6) is 0 Å². The van der Waals surface area contributed by atoms with Crippen molar-refractivity contribution in [1.82, 2.24) is 15.2 Å². The summed E-state index contributed by atoms with van der Waals surface area (Å²) in [5, 5.41) is 4.32. The number of hydrogen-bond acceptors (Lipinski definition) is 2. The van der Waals surface area contributed by atoms with Gasteiger partial charge in [0.15, 0.2) is 0 Å². The Kier molecular flexibility index (Phi) is 4.87. The minimum atomic E-state index is 0.0257. The number of carbonyl (C=O) groups is 1. The number of carbonyl (C=O) groups excluding carboxylic acids is 1. The standard InChI is InChI=1S/C20H26BrN3O/c1-13-16-11-15(21)7-8-17(16)23-19(13)20(25)22-12-14-5-4-10-24-9-3-2-6-18(14)24/h7-8,11,14,18,23H,2-6,9-10,12H2,1H3,(H,22,25). The van der Waals surface area contributed by atoms with E-state index in [0.29, 0.717) is 17.7 Å². The van der Waals surface area contributed by atoms with E-state index in [1.807, 2.05) is 19.1 Å². The van der Waals surface area contributed by atoms with Crippen LogP contribution in [0.1, 0.15) is 48.2 Å². The van der Waals surface area contributed by atoms with Crippen molar-refractivity contribution in [3.63, 3.8) is 0 Å². The first-order chi connectivity index (χ1) is 12.1. The van der Waals surface area contributed by atoms with Crippen LogP contribution in [0.25, 0.3) is 10.9 Å². The van der Waals surface area contributed by atoms with Gasteiger partial charge in [-0.25, -0.2) is 0 Å². The fourth-order valence-corrected chi connectivity index (χ4v) is 5.01. The van der Waals surface area contributed by atoms with E-state index in [1.54, 1.807) is 0 Å². The van der Waals surface area contributed by atoms with E-state index in [1.165, 1.54) is 45.2 Å². The third-order valence-electron chi connectivity index (χ3n) is 6.00. The van der Waals surface area contributed by atoms with Crippen LogP contribution in [-0.2, 0) is 0 Å². The Morgan fingerprint density at radius 3 is 3.00 bits per heavy atom.